The third-order valence-corrected chi connectivity index (χ3v) is 8.46. The topological polar surface area (TPSA) is 35.5 Å². The van der Waals surface area contributed by atoms with Gasteiger partial charge < -0.3 is 9.47 Å². The highest BCUT2D eigenvalue weighted by Gasteiger charge is 2.57. The van der Waals surface area contributed by atoms with Crippen LogP contribution in [0.15, 0.2) is 18.2 Å². The summed E-state index contributed by atoms with van der Waals surface area (Å²) in [6.07, 6.45) is 8.41. The Kier molecular flexibility index (Phi) is 3.84. The minimum absolute atomic E-state index is 0.0243. The first-order chi connectivity index (χ1) is 12.6. The maximum atomic E-state index is 11.7. The average Bonchev–Trinajstić information content (AvgIpc) is 3.23. The standard InChI is InChI=1S/C23H30O3/c1-23-10-9-18-17-6-4-16(25-2)11-14(17)3-5-19(18)21(23)8-7-20(23)15-12-22(24)26-13-15/h4,6,11,15,18-21H,3,5,7-10,12-13H2,1-2H3/t15-,18+,19+,20+,21+,23+/m0/s1. The molecule has 0 unspecified atom stereocenters. The number of carbonyl (C=O) groups excluding carboxylic acids is 1. The SMILES string of the molecule is COc1ccc2c(c1)CC[C@@H]1[C@@H]2CC[C@]2(C)[C@@H]([C@@H]3COC(=O)C3)CC[C@H]12. The molecule has 0 aromatic heterocycles. The fourth-order valence-corrected chi connectivity index (χ4v) is 7.29. The van der Waals surface area contributed by atoms with Gasteiger partial charge in [0.05, 0.1) is 20.1 Å². The van der Waals surface area contributed by atoms with Gasteiger partial charge in [-0.1, -0.05) is 13.0 Å². The zero-order valence-corrected chi connectivity index (χ0v) is 16.0. The molecule has 6 atom stereocenters. The number of carbonyl (C=O) groups is 1. The molecule has 1 aromatic rings. The highest BCUT2D eigenvalue weighted by Crippen LogP contribution is 2.64. The van der Waals surface area contributed by atoms with Gasteiger partial charge in [-0.15, -0.1) is 0 Å². The van der Waals surface area contributed by atoms with Gasteiger partial charge in [0.15, 0.2) is 0 Å². The summed E-state index contributed by atoms with van der Waals surface area (Å²) < 4.78 is 10.8. The van der Waals surface area contributed by atoms with Crippen LogP contribution in [0.1, 0.15) is 62.5 Å². The lowest BCUT2D eigenvalue weighted by atomic mass is 9.53. The first-order valence-electron chi connectivity index (χ1n) is 10.4. The average molecular weight is 354 g/mol. The lowest BCUT2D eigenvalue weighted by Crippen LogP contribution is -2.44. The Balaban J connectivity index is 1.42. The van der Waals surface area contributed by atoms with Crippen molar-refractivity contribution in [2.75, 3.05) is 13.7 Å². The maximum Gasteiger partial charge on any atom is 0.306 e. The molecule has 2 saturated carbocycles. The van der Waals surface area contributed by atoms with E-state index in [1.165, 1.54) is 44.1 Å². The van der Waals surface area contributed by atoms with Crippen molar-refractivity contribution in [3.8, 4) is 5.75 Å². The zero-order chi connectivity index (χ0) is 17.9. The molecule has 4 aliphatic rings. The first kappa shape index (κ1) is 16.6. The number of fused-ring (bicyclic) bond motifs is 5. The summed E-state index contributed by atoms with van der Waals surface area (Å²) in [6.45, 7) is 3.21. The molecule has 1 heterocycles. The normalized spacial score (nSPS) is 41.2. The predicted molar refractivity (Wildman–Crippen MR) is 100 cm³/mol. The second-order valence-corrected chi connectivity index (χ2v) is 9.36. The fourth-order valence-electron chi connectivity index (χ4n) is 7.29. The van der Waals surface area contributed by atoms with E-state index in [9.17, 15) is 4.79 Å². The monoisotopic (exact) mass is 354 g/mol. The van der Waals surface area contributed by atoms with Gasteiger partial charge in [0.2, 0.25) is 0 Å². The van der Waals surface area contributed by atoms with Gasteiger partial charge >= 0.3 is 5.97 Å². The van der Waals surface area contributed by atoms with Crippen LogP contribution in [0.2, 0.25) is 0 Å². The predicted octanol–water partition coefficient (Wildman–Crippen LogP) is 4.73. The third-order valence-electron chi connectivity index (χ3n) is 8.46. The summed E-state index contributed by atoms with van der Waals surface area (Å²) in [5.74, 6) is 4.52. The number of rotatable bonds is 2. The van der Waals surface area contributed by atoms with Crippen LogP contribution < -0.4 is 4.74 Å². The molecule has 140 valence electrons. The highest BCUT2D eigenvalue weighted by atomic mass is 16.5. The number of hydrogen-bond donors (Lipinski definition) is 0. The quantitative estimate of drug-likeness (QED) is 0.720. The molecule has 0 spiro atoms. The van der Waals surface area contributed by atoms with Crippen molar-refractivity contribution in [3.63, 3.8) is 0 Å². The molecule has 1 aliphatic heterocycles. The van der Waals surface area contributed by atoms with E-state index in [1.807, 2.05) is 0 Å². The Hall–Kier alpha value is -1.51. The Labute approximate surface area is 156 Å². The first-order valence-corrected chi connectivity index (χ1v) is 10.4. The van der Waals surface area contributed by atoms with Crippen LogP contribution in [0.3, 0.4) is 0 Å². The molecule has 1 saturated heterocycles. The van der Waals surface area contributed by atoms with Crippen LogP contribution in [-0.2, 0) is 16.0 Å². The number of hydrogen-bond acceptors (Lipinski definition) is 3. The third kappa shape index (κ3) is 2.35. The van der Waals surface area contributed by atoms with Gasteiger partial charge in [0.1, 0.15) is 5.75 Å². The minimum atomic E-state index is 0.0243. The van der Waals surface area contributed by atoms with Crippen LogP contribution in [0, 0.1) is 29.1 Å². The van der Waals surface area contributed by atoms with Crippen LogP contribution >= 0.6 is 0 Å². The number of methoxy groups -OCH3 is 1. The molecular weight excluding hydrogens is 324 g/mol. The van der Waals surface area contributed by atoms with Gasteiger partial charge in [-0.2, -0.15) is 0 Å². The molecule has 0 bridgehead atoms. The number of esters is 1. The molecule has 1 aromatic carbocycles. The molecular formula is C23H30O3. The van der Waals surface area contributed by atoms with Crippen molar-refractivity contribution in [1.29, 1.82) is 0 Å². The van der Waals surface area contributed by atoms with Crippen molar-refractivity contribution >= 4 is 5.97 Å². The lowest BCUT2D eigenvalue weighted by molar-refractivity contribution is -0.137. The van der Waals surface area contributed by atoms with Crippen LogP contribution in [0.25, 0.3) is 0 Å². The number of cyclic esters (lactones) is 1. The number of ether oxygens (including phenoxy) is 2. The van der Waals surface area contributed by atoms with E-state index < -0.39 is 0 Å². The van der Waals surface area contributed by atoms with Crippen molar-refractivity contribution < 1.29 is 14.3 Å². The smallest absolute Gasteiger partial charge is 0.306 e. The second-order valence-electron chi connectivity index (χ2n) is 9.36. The Morgan fingerprint density at radius 1 is 1.15 bits per heavy atom. The van der Waals surface area contributed by atoms with E-state index in [4.69, 9.17) is 9.47 Å². The summed E-state index contributed by atoms with van der Waals surface area (Å²) in [5.41, 5.74) is 3.51. The molecule has 5 rings (SSSR count). The minimum Gasteiger partial charge on any atom is -0.497 e. The Morgan fingerprint density at radius 3 is 2.77 bits per heavy atom. The van der Waals surface area contributed by atoms with Crippen molar-refractivity contribution in [2.24, 2.45) is 29.1 Å². The van der Waals surface area contributed by atoms with Crippen molar-refractivity contribution in [3.05, 3.63) is 29.3 Å². The Morgan fingerprint density at radius 2 is 2.00 bits per heavy atom. The van der Waals surface area contributed by atoms with E-state index >= 15 is 0 Å². The van der Waals surface area contributed by atoms with Crippen molar-refractivity contribution in [2.45, 2.75) is 57.8 Å². The Bertz CT molecular complexity index is 726. The van der Waals surface area contributed by atoms with Gasteiger partial charge in [-0.3, -0.25) is 4.79 Å². The van der Waals surface area contributed by atoms with Crippen molar-refractivity contribution in [1.82, 2.24) is 0 Å². The van der Waals surface area contributed by atoms with Gasteiger partial charge in [0, 0.05) is 5.92 Å². The van der Waals surface area contributed by atoms with Gasteiger partial charge in [-0.25, -0.2) is 0 Å². The largest absolute Gasteiger partial charge is 0.497 e. The fraction of sp³-hybridized carbons (Fsp3) is 0.696. The number of aryl methyl sites for hydroxylation is 1. The van der Waals surface area contributed by atoms with E-state index in [2.05, 4.69) is 25.1 Å². The van der Waals surface area contributed by atoms with E-state index in [0.717, 1.165) is 23.5 Å². The van der Waals surface area contributed by atoms with E-state index in [1.54, 1.807) is 12.7 Å². The molecule has 26 heavy (non-hydrogen) atoms. The van der Waals surface area contributed by atoms with Crippen LogP contribution in [0.4, 0.5) is 0 Å². The summed E-state index contributed by atoms with van der Waals surface area (Å²) in [7, 11) is 1.76. The molecule has 3 nitrogen and oxygen atoms in total. The summed E-state index contributed by atoms with van der Waals surface area (Å²) >= 11 is 0. The molecule has 3 fully saturated rings. The summed E-state index contributed by atoms with van der Waals surface area (Å²) in [5, 5.41) is 0. The van der Waals surface area contributed by atoms with E-state index in [0.29, 0.717) is 30.3 Å². The molecule has 3 aliphatic carbocycles. The zero-order valence-electron chi connectivity index (χ0n) is 16.0. The molecule has 0 amide bonds. The second kappa shape index (κ2) is 6.00. The summed E-state index contributed by atoms with van der Waals surface area (Å²) in [6, 6.07) is 6.75. The molecule has 3 heteroatoms. The highest BCUT2D eigenvalue weighted by molar-refractivity contribution is 5.71. The van der Waals surface area contributed by atoms with Gasteiger partial charge in [0.25, 0.3) is 0 Å². The lowest BCUT2D eigenvalue weighted by Gasteiger charge is -2.51. The maximum absolute atomic E-state index is 11.7. The van der Waals surface area contributed by atoms with Gasteiger partial charge in [-0.05, 0) is 90.9 Å². The molecule has 0 N–H and O–H groups in total. The molecule has 0 radical (unpaired) electrons. The van der Waals surface area contributed by atoms with E-state index in [-0.39, 0.29) is 5.97 Å². The van der Waals surface area contributed by atoms with Crippen LogP contribution in [-0.4, -0.2) is 19.7 Å². The number of benzene rings is 1. The van der Waals surface area contributed by atoms with Crippen LogP contribution in [0.5, 0.6) is 5.75 Å². The summed E-state index contributed by atoms with van der Waals surface area (Å²) in [4.78, 5) is 11.7.